The predicted molar refractivity (Wildman–Crippen MR) is 126 cm³/mol. The lowest BCUT2D eigenvalue weighted by molar-refractivity contribution is -0.102. The minimum atomic E-state index is -2.88. The fraction of sp³-hybridized carbons (Fsp3) is 0.417. The highest BCUT2D eigenvalue weighted by atomic mass is 19.3. The van der Waals surface area contributed by atoms with Crippen LogP contribution in [-0.4, -0.2) is 62.3 Å². The van der Waals surface area contributed by atoms with Crippen LogP contribution in [0.3, 0.4) is 0 Å². The summed E-state index contributed by atoms with van der Waals surface area (Å²) in [5.74, 6) is -2.87. The largest absolute Gasteiger partial charge is 0.381 e. The number of fused-ring (bicyclic) bond motifs is 2. The molecule has 0 spiro atoms. The summed E-state index contributed by atoms with van der Waals surface area (Å²) in [5, 5.41) is 10.8. The van der Waals surface area contributed by atoms with Crippen LogP contribution in [0.2, 0.25) is 0 Å². The molecule has 1 amide bonds. The molecule has 0 unspecified atom stereocenters. The topological polar surface area (TPSA) is 98.4 Å². The summed E-state index contributed by atoms with van der Waals surface area (Å²) in [4.78, 5) is 22.3. The number of hydrogen-bond donors (Lipinski definition) is 2. The molecule has 0 radical (unpaired) electrons. The molecular weight excluding hydrogens is 456 g/mol. The van der Waals surface area contributed by atoms with E-state index in [1.807, 2.05) is 18.2 Å². The number of ether oxygens (including phenoxy) is 1. The molecule has 9 nitrogen and oxygen atoms in total. The first kappa shape index (κ1) is 21.9. The van der Waals surface area contributed by atoms with E-state index in [1.54, 1.807) is 13.2 Å². The third-order valence-corrected chi connectivity index (χ3v) is 7.00. The van der Waals surface area contributed by atoms with Gasteiger partial charge in [-0.05, 0) is 31.4 Å². The number of carbonyl (C=O) groups is 1. The molecule has 0 bridgehead atoms. The second kappa shape index (κ2) is 8.26. The van der Waals surface area contributed by atoms with Crippen LogP contribution in [0, 0.1) is 0 Å². The van der Waals surface area contributed by atoms with E-state index in [0.717, 1.165) is 29.4 Å². The Labute approximate surface area is 199 Å². The highest BCUT2D eigenvalue weighted by Gasteiger charge is 2.49. The molecule has 1 aliphatic heterocycles. The monoisotopic (exact) mass is 481 g/mol. The van der Waals surface area contributed by atoms with Crippen LogP contribution in [0.1, 0.15) is 42.1 Å². The minimum Gasteiger partial charge on any atom is -0.381 e. The number of amides is 1. The maximum atomic E-state index is 13.7. The molecule has 2 fully saturated rings. The molecule has 2 aliphatic rings. The van der Waals surface area contributed by atoms with Gasteiger partial charge in [0.05, 0.1) is 17.9 Å². The Balaban J connectivity index is 1.45. The number of rotatable bonds is 5. The Morgan fingerprint density at radius 3 is 2.77 bits per heavy atom. The van der Waals surface area contributed by atoms with E-state index >= 15 is 0 Å². The van der Waals surface area contributed by atoms with E-state index in [4.69, 9.17) is 9.72 Å². The summed E-state index contributed by atoms with van der Waals surface area (Å²) >= 11 is 0. The normalized spacial score (nSPS) is 20.1. The molecule has 4 aromatic heterocycles. The molecule has 5 heterocycles. The molecule has 1 saturated carbocycles. The zero-order valence-corrected chi connectivity index (χ0v) is 19.2. The average molecular weight is 482 g/mol. The number of pyridine rings is 1. The molecule has 182 valence electrons. The van der Waals surface area contributed by atoms with Crippen LogP contribution < -0.4 is 10.6 Å². The van der Waals surface area contributed by atoms with E-state index in [2.05, 4.69) is 31.5 Å². The second-order valence-electron chi connectivity index (χ2n) is 9.06. The van der Waals surface area contributed by atoms with Crippen LogP contribution in [0.15, 0.2) is 36.8 Å². The molecule has 1 saturated heterocycles. The van der Waals surface area contributed by atoms with Crippen LogP contribution in [-0.2, 0) is 4.74 Å². The van der Waals surface area contributed by atoms with Crippen molar-refractivity contribution in [1.29, 1.82) is 0 Å². The summed E-state index contributed by atoms with van der Waals surface area (Å²) in [6, 6.07) is 4.84. The molecule has 0 aromatic carbocycles. The number of nitrogens with one attached hydrogen (secondary N) is 2. The lowest BCUT2D eigenvalue weighted by Gasteiger charge is -2.36. The first-order chi connectivity index (χ1) is 17.0. The van der Waals surface area contributed by atoms with Crippen molar-refractivity contribution in [3.63, 3.8) is 0 Å². The maximum absolute atomic E-state index is 13.7. The van der Waals surface area contributed by atoms with Crippen molar-refractivity contribution < 1.29 is 18.3 Å². The van der Waals surface area contributed by atoms with Gasteiger partial charge in [0.2, 0.25) is 0 Å². The van der Waals surface area contributed by atoms with Crippen molar-refractivity contribution in [3.8, 4) is 11.3 Å². The van der Waals surface area contributed by atoms with Crippen molar-refractivity contribution in [2.75, 3.05) is 25.6 Å². The van der Waals surface area contributed by atoms with Gasteiger partial charge in [0, 0.05) is 62.1 Å². The van der Waals surface area contributed by atoms with Gasteiger partial charge in [-0.15, -0.1) is 0 Å². The Morgan fingerprint density at radius 2 is 2.06 bits per heavy atom. The van der Waals surface area contributed by atoms with Gasteiger partial charge >= 0.3 is 0 Å². The van der Waals surface area contributed by atoms with E-state index in [9.17, 15) is 13.6 Å². The van der Waals surface area contributed by atoms with E-state index in [0.29, 0.717) is 30.4 Å². The molecule has 1 aliphatic carbocycles. The smallest absolute Gasteiger partial charge is 0.267 e. The van der Waals surface area contributed by atoms with Gasteiger partial charge in [-0.2, -0.15) is 9.61 Å². The average Bonchev–Trinajstić information content (AvgIpc) is 3.48. The molecule has 11 heteroatoms. The summed E-state index contributed by atoms with van der Waals surface area (Å²) in [5.41, 5.74) is 2.81. The van der Waals surface area contributed by atoms with Crippen molar-refractivity contribution >= 4 is 28.4 Å². The summed E-state index contributed by atoms with van der Waals surface area (Å²) in [7, 11) is 1.75. The molecule has 4 aromatic rings. The second-order valence-corrected chi connectivity index (χ2v) is 9.06. The van der Waals surface area contributed by atoms with Crippen LogP contribution in [0.4, 0.5) is 14.6 Å². The summed E-state index contributed by atoms with van der Waals surface area (Å²) < 4.78 is 36.7. The SMILES string of the molecule is CNc1cc(-c2cn(C3CCOCC3)c3ncccc23)nc2c(C(=O)N[C@H]3CCC3(F)F)cnn12. The summed E-state index contributed by atoms with van der Waals surface area (Å²) in [6.45, 7) is 1.41. The van der Waals surface area contributed by atoms with Crippen molar-refractivity contribution in [2.24, 2.45) is 0 Å². The first-order valence-electron chi connectivity index (χ1n) is 11.7. The number of hydrogen-bond acceptors (Lipinski definition) is 6. The lowest BCUT2D eigenvalue weighted by atomic mass is 9.88. The van der Waals surface area contributed by atoms with Gasteiger partial charge in [0.1, 0.15) is 17.0 Å². The Morgan fingerprint density at radius 1 is 1.23 bits per heavy atom. The zero-order valence-electron chi connectivity index (χ0n) is 19.2. The van der Waals surface area contributed by atoms with Crippen LogP contribution >= 0.6 is 0 Å². The number of aromatic nitrogens is 5. The van der Waals surface area contributed by atoms with Gasteiger partial charge < -0.3 is 19.9 Å². The third-order valence-electron chi connectivity index (χ3n) is 7.00. The van der Waals surface area contributed by atoms with E-state index in [-0.39, 0.29) is 24.4 Å². The van der Waals surface area contributed by atoms with Gasteiger partial charge in [-0.3, -0.25) is 4.79 Å². The number of carbonyl (C=O) groups excluding carboxylic acids is 1. The Bertz CT molecular complexity index is 1420. The highest BCUT2D eigenvalue weighted by Crippen LogP contribution is 2.38. The zero-order chi connectivity index (χ0) is 24.2. The van der Waals surface area contributed by atoms with Gasteiger partial charge in [0.15, 0.2) is 5.65 Å². The number of halogens is 2. The minimum absolute atomic E-state index is 0.150. The van der Waals surface area contributed by atoms with Crippen molar-refractivity contribution in [3.05, 3.63) is 42.4 Å². The number of nitrogens with zero attached hydrogens (tertiary/aromatic N) is 5. The first-order valence-corrected chi connectivity index (χ1v) is 11.7. The van der Waals surface area contributed by atoms with Crippen molar-refractivity contribution in [1.82, 2.24) is 29.5 Å². The van der Waals surface area contributed by atoms with Crippen molar-refractivity contribution in [2.45, 2.75) is 43.7 Å². The van der Waals surface area contributed by atoms with Gasteiger partial charge in [0.25, 0.3) is 11.8 Å². The van der Waals surface area contributed by atoms with Crippen LogP contribution in [0.5, 0.6) is 0 Å². The molecular formula is C24H25F2N7O2. The Kier molecular flexibility index (Phi) is 5.17. The third kappa shape index (κ3) is 3.61. The maximum Gasteiger partial charge on any atom is 0.267 e. The predicted octanol–water partition coefficient (Wildman–Crippen LogP) is 3.67. The molecule has 1 atom stereocenters. The van der Waals surface area contributed by atoms with E-state index < -0.39 is 17.9 Å². The van der Waals surface area contributed by atoms with Crippen LogP contribution in [0.25, 0.3) is 27.9 Å². The highest BCUT2D eigenvalue weighted by molar-refractivity contribution is 6.01. The van der Waals surface area contributed by atoms with Gasteiger partial charge in [-0.1, -0.05) is 0 Å². The molecule has 6 rings (SSSR count). The number of anilines is 1. The molecule has 35 heavy (non-hydrogen) atoms. The fourth-order valence-electron chi connectivity index (χ4n) is 4.89. The summed E-state index contributed by atoms with van der Waals surface area (Å²) in [6.07, 6.45) is 7.01. The standard InChI is InChI=1S/C24H25F2N7O2/c1-27-20-11-18(17-13-32(14-5-9-35-10-6-14)21-15(17)3-2-8-28-21)30-22-16(12-29-33(20)22)23(34)31-19-4-7-24(19,25)26/h2-3,8,11-14,19,27H,4-7,9-10H2,1H3,(H,31,34)/t19-/m0/s1. The number of alkyl halides is 2. The molecule has 2 N–H and O–H groups in total. The quantitative estimate of drug-likeness (QED) is 0.452. The lowest BCUT2D eigenvalue weighted by Crippen LogP contribution is -2.55. The van der Waals surface area contributed by atoms with E-state index in [1.165, 1.54) is 10.7 Å². The van der Waals surface area contributed by atoms with Gasteiger partial charge in [-0.25, -0.2) is 18.7 Å². The Hall–Kier alpha value is -3.60. The fourth-order valence-corrected chi connectivity index (χ4v) is 4.89.